The first kappa shape index (κ1) is 28.0. The van der Waals surface area contributed by atoms with Gasteiger partial charge in [-0.1, -0.05) is 23.7 Å². The van der Waals surface area contributed by atoms with Crippen LogP contribution >= 0.6 is 35.8 Å². The van der Waals surface area contributed by atoms with Crippen LogP contribution in [0, 0.1) is 6.92 Å². The van der Waals surface area contributed by atoms with Gasteiger partial charge in [0.05, 0.1) is 20.3 Å². The molecule has 0 radical (unpaired) electrons. The van der Waals surface area contributed by atoms with E-state index in [1.807, 2.05) is 51.4 Å². The molecule has 4 aromatic rings. The van der Waals surface area contributed by atoms with Crippen molar-refractivity contribution in [3.63, 3.8) is 0 Å². The number of anilines is 1. The van der Waals surface area contributed by atoms with Crippen LogP contribution in [0.4, 0.5) is 5.95 Å². The summed E-state index contributed by atoms with van der Waals surface area (Å²) in [6.45, 7) is 1.86. The van der Waals surface area contributed by atoms with E-state index in [0.29, 0.717) is 51.1 Å². The van der Waals surface area contributed by atoms with E-state index in [-0.39, 0.29) is 5.75 Å². The molecule has 1 unspecified atom stereocenters. The Morgan fingerprint density at radius 2 is 1.82 bits per heavy atom. The van der Waals surface area contributed by atoms with Crippen LogP contribution in [0.5, 0.6) is 17.2 Å². The molecule has 2 aromatic heterocycles. The number of aliphatic hydroxyl groups excluding tert-OH is 1. The molecule has 2 aromatic carbocycles. The summed E-state index contributed by atoms with van der Waals surface area (Å²) < 4.78 is 29.6. The van der Waals surface area contributed by atoms with Gasteiger partial charge >= 0.3 is 0 Å². The van der Waals surface area contributed by atoms with E-state index in [2.05, 4.69) is 14.9 Å². The maximum absolute atomic E-state index is 11.0. The lowest BCUT2D eigenvalue weighted by molar-refractivity contribution is 0.202. The largest absolute Gasteiger partial charge is 0.494 e. The standard InChI is InChI=1S/C25H28ClN5O5S2/c1-15-9-12-21(35-15)24-27-28-25(31(24)23-19(33-4)7-6-8-20(23)34-5)29-37-14-18(32)17-11-10-16(26)13-22(17)36-38-30(2)3/h6-13,18,32H,14H2,1-5H3,(H,28,29). The second-order valence-corrected chi connectivity index (χ2v) is 10.5. The lowest BCUT2D eigenvalue weighted by Gasteiger charge is -2.18. The summed E-state index contributed by atoms with van der Waals surface area (Å²) in [6.07, 6.45) is -0.855. The van der Waals surface area contributed by atoms with E-state index >= 15 is 0 Å². The fraction of sp³-hybridized carbons (Fsp3) is 0.280. The third kappa shape index (κ3) is 6.33. The number of nitrogens with zero attached hydrogens (tertiary/aromatic N) is 4. The number of para-hydroxylation sites is 1. The Hall–Kier alpha value is -3.03. The topological polar surface area (TPSA) is 107 Å². The highest BCUT2D eigenvalue weighted by Gasteiger charge is 2.24. The summed E-state index contributed by atoms with van der Waals surface area (Å²) in [5, 5.41) is 20.2. The second-order valence-electron chi connectivity index (χ2n) is 8.19. The first-order valence-electron chi connectivity index (χ1n) is 11.4. The number of aliphatic hydroxyl groups is 1. The molecule has 2 heterocycles. The van der Waals surface area contributed by atoms with Gasteiger partial charge in [-0.05, 0) is 49.2 Å². The molecule has 0 spiro atoms. The number of hydrogen-bond donors (Lipinski definition) is 2. The summed E-state index contributed by atoms with van der Waals surface area (Å²) >= 11 is 8.55. The van der Waals surface area contributed by atoms with E-state index in [0.717, 1.165) is 18.0 Å². The summed E-state index contributed by atoms with van der Waals surface area (Å²) in [7, 11) is 6.88. The molecule has 0 aliphatic rings. The molecular weight excluding hydrogens is 550 g/mol. The van der Waals surface area contributed by atoms with Crippen molar-refractivity contribution in [1.82, 2.24) is 19.1 Å². The van der Waals surface area contributed by atoms with Crippen LogP contribution in [-0.4, -0.2) is 58.2 Å². The highest BCUT2D eigenvalue weighted by atomic mass is 35.5. The molecule has 0 aliphatic carbocycles. The molecule has 0 saturated carbocycles. The maximum Gasteiger partial charge on any atom is 0.239 e. The molecule has 4 rings (SSSR count). The van der Waals surface area contributed by atoms with Gasteiger partial charge < -0.3 is 23.2 Å². The monoisotopic (exact) mass is 577 g/mol. The number of aryl methyl sites for hydroxylation is 1. The minimum absolute atomic E-state index is 0.274. The number of aromatic nitrogens is 3. The molecule has 0 saturated heterocycles. The summed E-state index contributed by atoms with van der Waals surface area (Å²) in [5.41, 5.74) is 1.21. The Kier molecular flexibility index (Phi) is 9.34. The van der Waals surface area contributed by atoms with Crippen molar-refractivity contribution in [3.05, 3.63) is 64.9 Å². The fourth-order valence-corrected chi connectivity index (χ4v) is 4.79. The summed E-state index contributed by atoms with van der Waals surface area (Å²) in [6, 6.07) is 14.3. The summed E-state index contributed by atoms with van der Waals surface area (Å²) in [4.78, 5) is 0. The Morgan fingerprint density at radius 3 is 2.45 bits per heavy atom. The molecule has 1 atom stereocenters. The van der Waals surface area contributed by atoms with Gasteiger partial charge in [-0.3, -0.25) is 9.29 Å². The number of rotatable bonds is 12. The van der Waals surface area contributed by atoms with Crippen LogP contribution in [0.25, 0.3) is 17.3 Å². The van der Waals surface area contributed by atoms with E-state index in [1.165, 1.54) is 11.9 Å². The second kappa shape index (κ2) is 12.7. The molecule has 13 heteroatoms. The zero-order valence-electron chi connectivity index (χ0n) is 21.5. The third-order valence-electron chi connectivity index (χ3n) is 5.26. The molecule has 0 bridgehead atoms. The van der Waals surface area contributed by atoms with E-state index in [1.54, 1.807) is 41.3 Å². The van der Waals surface area contributed by atoms with Crippen molar-refractivity contribution in [2.75, 3.05) is 38.8 Å². The number of benzene rings is 2. The zero-order valence-corrected chi connectivity index (χ0v) is 23.9. The van der Waals surface area contributed by atoms with Gasteiger partial charge in [0.2, 0.25) is 11.8 Å². The van der Waals surface area contributed by atoms with Crippen LogP contribution in [0.2, 0.25) is 5.02 Å². The van der Waals surface area contributed by atoms with Crippen LogP contribution < -0.4 is 18.4 Å². The highest BCUT2D eigenvalue weighted by molar-refractivity contribution is 8.00. The number of methoxy groups -OCH3 is 2. The predicted molar refractivity (Wildman–Crippen MR) is 151 cm³/mol. The third-order valence-corrected chi connectivity index (χ3v) is 6.86. The van der Waals surface area contributed by atoms with Gasteiger partial charge in [0.15, 0.2) is 5.76 Å². The van der Waals surface area contributed by atoms with E-state index < -0.39 is 6.10 Å². The van der Waals surface area contributed by atoms with Crippen molar-refractivity contribution >= 4 is 41.7 Å². The van der Waals surface area contributed by atoms with Crippen molar-refractivity contribution in [1.29, 1.82) is 0 Å². The highest BCUT2D eigenvalue weighted by Crippen LogP contribution is 2.39. The molecule has 0 aliphatic heterocycles. The van der Waals surface area contributed by atoms with E-state index in [9.17, 15) is 5.11 Å². The number of hydrogen-bond acceptors (Lipinski definition) is 11. The molecule has 38 heavy (non-hydrogen) atoms. The van der Waals surface area contributed by atoms with Crippen LogP contribution in [0.1, 0.15) is 17.4 Å². The van der Waals surface area contributed by atoms with E-state index in [4.69, 9.17) is 29.7 Å². The smallest absolute Gasteiger partial charge is 0.239 e. The lowest BCUT2D eigenvalue weighted by atomic mass is 10.1. The van der Waals surface area contributed by atoms with Gasteiger partial charge in [0.25, 0.3) is 0 Å². The van der Waals surface area contributed by atoms with Crippen LogP contribution in [-0.2, 0) is 0 Å². The average molecular weight is 578 g/mol. The number of furan rings is 1. The van der Waals surface area contributed by atoms with Crippen LogP contribution in [0.3, 0.4) is 0 Å². The first-order valence-corrected chi connectivity index (χ1v) is 13.5. The van der Waals surface area contributed by atoms with Crippen molar-refractivity contribution in [2.45, 2.75) is 13.0 Å². The SMILES string of the molecule is COc1cccc(OC)c1-n1c(NSCC(O)c2ccc(Cl)cc2OSN(C)C)nnc1-c1ccc(C)o1. The molecular formula is C25H28ClN5O5S2. The van der Waals surface area contributed by atoms with Gasteiger partial charge in [0, 0.05) is 36.5 Å². The van der Waals surface area contributed by atoms with Gasteiger partial charge in [0.1, 0.15) is 40.9 Å². The number of halogens is 1. The Balaban J connectivity index is 1.62. The Bertz CT molecular complexity index is 1360. The average Bonchev–Trinajstić information content (AvgIpc) is 3.52. The van der Waals surface area contributed by atoms with Gasteiger partial charge in [-0.15, -0.1) is 10.2 Å². The predicted octanol–water partition coefficient (Wildman–Crippen LogP) is 5.80. The summed E-state index contributed by atoms with van der Waals surface area (Å²) in [5.74, 6) is 4.00. The molecule has 0 fully saturated rings. The zero-order chi connectivity index (χ0) is 27.2. The first-order chi connectivity index (χ1) is 18.3. The van der Waals surface area contributed by atoms with Crippen molar-refractivity contribution < 1.29 is 23.2 Å². The molecule has 10 nitrogen and oxygen atoms in total. The minimum Gasteiger partial charge on any atom is -0.494 e. The normalized spacial score (nSPS) is 12.0. The fourth-order valence-electron chi connectivity index (χ4n) is 3.57. The lowest BCUT2D eigenvalue weighted by Crippen LogP contribution is -2.09. The molecule has 202 valence electrons. The number of nitrogens with one attached hydrogen (secondary N) is 1. The molecule has 0 amide bonds. The maximum atomic E-state index is 11.0. The van der Waals surface area contributed by atoms with Gasteiger partial charge in [-0.25, -0.2) is 4.31 Å². The Morgan fingerprint density at radius 1 is 1.08 bits per heavy atom. The van der Waals surface area contributed by atoms with Gasteiger partial charge in [-0.2, -0.15) is 0 Å². The number of ether oxygens (including phenoxy) is 2. The Labute approximate surface area is 234 Å². The van der Waals surface area contributed by atoms with Crippen molar-refractivity contribution in [2.24, 2.45) is 0 Å². The minimum atomic E-state index is -0.855. The molecule has 2 N–H and O–H groups in total. The quantitative estimate of drug-likeness (QED) is 0.157. The van der Waals surface area contributed by atoms with Crippen molar-refractivity contribution in [3.8, 4) is 34.5 Å². The van der Waals surface area contributed by atoms with Crippen LogP contribution in [0.15, 0.2) is 52.9 Å².